The number of para-hydroxylation sites is 1. The first-order chi connectivity index (χ1) is 17.7. The molecule has 3 N–H and O–H groups in total. The Hall–Kier alpha value is -2.68. The van der Waals surface area contributed by atoms with Gasteiger partial charge in [-0.1, -0.05) is 12.1 Å². The predicted molar refractivity (Wildman–Crippen MR) is 156 cm³/mol. The van der Waals surface area contributed by atoms with Crippen LogP contribution in [0.4, 0.5) is 28.8 Å². The summed E-state index contributed by atoms with van der Waals surface area (Å²) in [4.78, 5) is 13.8. The van der Waals surface area contributed by atoms with Crippen molar-refractivity contribution in [2.45, 2.75) is 24.3 Å². The molecule has 1 atom stereocenters. The molecule has 37 heavy (non-hydrogen) atoms. The highest BCUT2D eigenvalue weighted by Gasteiger charge is 2.25. The van der Waals surface area contributed by atoms with E-state index in [4.69, 9.17) is 4.74 Å². The van der Waals surface area contributed by atoms with Crippen LogP contribution in [0.15, 0.2) is 53.6 Å². The molecule has 0 amide bonds. The van der Waals surface area contributed by atoms with Crippen LogP contribution < -0.4 is 25.0 Å². The van der Waals surface area contributed by atoms with Gasteiger partial charge in [0.1, 0.15) is 16.5 Å². The average Bonchev–Trinajstić information content (AvgIpc) is 3.38. The summed E-state index contributed by atoms with van der Waals surface area (Å²) < 4.78 is 34.0. The third kappa shape index (κ3) is 6.43. The molecule has 1 aromatic heterocycles. The summed E-state index contributed by atoms with van der Waals surface area (Å²) in [5.74, 6) is 1.56. The van der Waals surface area contributed by atoms with Gasteiger partial charge in [-0.05, 0) is 81.3 Å². The fourth-order valence-corrected chi connectivity index (χ4v) is 5.44. The zero-order valence-corrected chi connectivity index (χ0v) is 24.3. The molecule has 2 heterocycles. The Bertz CT molecular complexity index is 1350. The van der Waals surface area contributed by atoms with Crippen molar-refractivity contribution in [3.05, 3.63) is 52.2 Å². The second-order valence-corrected chi connectivity index (χ2v) is 11.8. The smallest absolute Gasteiger partial charge is 0.242 e. The Balaban J connectivity index is 1.58. The molecular formula is C25H32IN7O3S. The van der Waals surface area contributed by atoms with Crippen molar-refractivity contribution in [2.24, 2.45) is 0 Å². The number of benzene rings is 2. The number of nitrogens with one attached hydrogen (secondary N) is 3. The van der Waals surface area contributed by atoms with Crippen molar-refractivity contribution < 1.29 is 13.2 Å². The van der Waals surface area contributed by atoms with E-state index in [1.54, 1.807) is 30.5 Å². The third-order valence-corrected chi connectivity index (χ3v) is 8.47. The van der Waals surface area contributed by atoms with Gasteiger partial charge in [-0.25, -0.2) is 18.1 Å². The molecule has 12 heteroatoms. The van der Waals surface area contributed by atoms with E-state index in [0.29, 0.717) is 30.1 Å². The Morgan fingerprint density at radius 2 is 1.95 bits per heavy atom. The second kappa shape index (κ2) is 11.8. The summed E-state index contributed by atoms with van der Waals surface area (Å²) in [5.41, 5.74) is 2.28. The minimum Gasteiger partial charge on any atom is -0.492 e. The molecule has 1 aliphatic heterocycles. The minimum absolute atomic E-state index is 0.133. The average molecular weight is 638 g/mol. The van der Waals surface area contributed by atoms with Gasteiger partial charge in [0.05, 0.1) is 21.6 Å². The van der Waals surface area contributed by atoms with Gasteiger partial charge in [0.25, 0.3) is 0 Å². The maximum Gasteiger partial charge on any atom is 0.242 e. The lowest BCUT2D eigenvalue weighted by atomic mass is 10.2. The van der Waals surface area contributed by atoms with Gasteiger partial charge in [-0.15, -0.1) is 0 Å². The lowest BCUT2D eigenvalue weighted by molar-refractivity contribution is 0.315. The van der Waals surface area contributed by atoms with Gasteiger partial charge >= 0.3 is 0 Å². The van der Waals surface area contributed by atoms with E-state index >= 15 is 0 Å². The summed E-state index contributed by atoms with van der Waals surface area (Å²) in [6, 6.07) is 13.3. The molecule has 0 aliphatic carbocycles. The zero-order valence-electron chi connectivity index (χ0n) is 21.3. The van der Waals surface area contributed by atoms with E-state index in [9.17, 15) is 8.42 Å². The van der Waals surface area contributed by atoms with E-state index < -0.39 is 10.0 Å². The largest absolute Gasteiger partial charge is 0.492 e. The van der Waals surface area contributed by atoms with E-state index in [-0.39, 0.29) is 4.90 Å². The molecule has 0 bridgehead atoms. The highest BCUT2D eigenvalue weighted by atomic mass is 127. The predicted octanol–water partition coefficient (Wildman–Crippen LogP) is 4.02. The van der Waals surface area contributed by atoms with Crippen molar-refractivity contribution in [1.82, 2.24) is 19.6 Å². The third-order valence-electron chi connectivity index (χ3n) is 6.21. The number of sulfonamides is 1. The van der Waals surface area contributed by atoms with Gasteiger partial charge in [0.15, 0.2) is 0 Å². The summed E-state index contributed by atoms with van der Waals surface area (Å²) in [6.07, 6.45) is 2.80. The molecule has 1 aliphatic rings. The lowest BCUT2D eigenvalue weighted by Gasteiger charge is -2.23. The van der Waals surface area contributed by atoms with E-state index in [1.807, 2.05) is 13.0 Å². The van der Waals surface area contributed by atoms with E-state index in [0.717, 1.165) is 40.2 Å². The molecular weight excluding hydrogens is 605 g/mol. The van der Waals surface area contributed by atoms with Gasteiger partial charge in [-0.2, -0.15) is 4.98 Å². The Morgan fingerprint density at radius 3 is 2.65 bits per heavy atom. The molecule has 2 aromatic carbocycles. The summed E-state index contributed by atoms with van der Waals surface area (Å²) in [7, 11) is 1.97. The SMILES string of the molecule is CCOc1cc(N2CC[C@H](N(C)C)C2)ccc1Nc1ncc(I)c(Nc2ccccc2S(=O)(=O)NC)n1. The Morgan fingerprint density at radius 1 is 1.16 bits per heavy atom. The number of halogens is 1. The molecule has 198 valence electrons. The molecule has 10 nitrogen and oxygen atoms in total. The number of hydrogen-bond acceptors (Lipinski definition) is 9. The minimum atomic E-state index is -3.65. The number of ether oxygens (including phenoxy) is 1. The van der Waals surface area contributed by atoms with Gasteiger partial charge in [0, 0.05) is 37.1 Å². The monoisotopic (exact) mass is 637 g/mol. The number of nitrogens with zero attached hydrogens (tertiary/aromatic N) is 4. The normalized spacial score (nSPS) is 15.7. The van der Waals surface area contributed by atoms with Crippen LogP contribution >= 0.6 is 22.6 Å². The number of aromatic nitrogens is 2. The van der Waals surface area contributed by atoms with Crippen LogP contribution in [0.2, 0.25) is 0 Å². The first-order valence-electron chi connectivity index (χ1n) is 12.0. The molecule has 1 fully saturated rings. The van der Waals surface area contributed by atoms with Gasteiger partial charge in [0.2, 0.25) is 16.0 Å². The van der Waals surface area contributed by atoms with Crippen LogP contribution in [0.3, 0.4) is 0 Å². The highest BCUT2D eigenvalue weighted by Crippen LogP contribution is 2.34. The summed E-state index contributed by atoms with van der Waals surface area (Å²) in [6.45, 7) is 4.45. The van der Waals surface area contributed by atoms with Crippen LogP contribution in [-0.4, -0.2) is 70.2 Å². The van der Waals surface area contributed by atoms with Crippen molar-refractivity contribution >= 4 is 61.4 Å². The summed E-state index contributed by atoms with van der Waals surface area (Å²) in [5, 5.41) is 6.41. The first-order valence-corrected chi connectivity index (χ1v) is 14.6. The first kappa shape index (κ1) is 27.4. The van der Waals surface area contributed by atoms with Crippen molar-refractivity contribution in [2.75, 3.05) is 56.4 Å². The lowest BCUT2D eigenvalue weighted by Crippen LogP contribution is -2.31. The Kier molecular flexibility index (Phi) is 8.72. The molecule has 0 radical (unpaired) electrons. The number of rotatable bonds is 10. The zero-order chi connectivity index (χ0) is 26.6. The van der Waals surface area contributed by atoms with Crippen LogP contribution in [-0.2, 0) is 10.0 Å². The van der Waals surface area contributed by atoms with Crippen molar-refractivity contribution in [1.29, 1.82) is 0 Å². The number of hydrogen-bond donors (Lipinski definition) is 3. The van der Waals surface area contributed by atoms with E-state index in [2.05, 4.69) is 83.9 Å². The molecule has 1 saturated heterocycles. The van der Waals surface area contributed by atoms with Gasteiger partial charge in [-0.3, -0.25) is 0 Å². The van der Waals surface area contributed by atoms with Crippen molar-refractivity contribution in [3.63, 3.8) is 0 Å². The number of anilines is 5. The highest BCUT2D eigenvalue weighted by molar-refractivity contribution is 14.1. The van der Waals surface area contributed by atoms with Crippen LogP contribution in [0.25, 0.3) is 0 Å². The molecule has 0 spiro atoms. The van der Waals surface area contributed by atoms with Crippen LogP contribution in [0.5, 0.6) is 5.75 Å². The molecule has 0 unspecified atom stereocenters. The fourth-order valence-electron chi connectivity index (χ4n) is 4.16. The van der Waals surface area contributed by atoms with Crippen LogP contribution in [0, 0.1) is 3.57 Å². The maximum atomic E-state index is 12.5. The molecule has 0 saturated carbocycles. The molecule has 4 rings (SSSR count). The summed E-state index contributed by atoms with van der Waals surface area (Å²) >= 11 is 2.11. The topological polar surface area (TPSA) is 112 Å². The fraction of sp³-hybridized carbons (Fsp3) is 0.360. The quantitative estimate of drug-likeness (QED) is 0.284. The second-order valence-electron chi connectivity index (χ2n) is 8.81. The number of likely N-dealkylation sites (N-methyl/N-ethyl adjacent to an activating group) is 1. The maximum absolute atomic E-state index is 12.5. The molecule has 3 aromatic rings. The van der Waals surface area contributed by atoms with Crippen LogP contribution in [0.1, 0.15) is 13.3 Å². The van der Waals surface area contributed by atoms with E-state index in [1.165, 1.54) is 7.05 Å². The van der Waals surface area contributed by atoms with Crippen molar-refractivity contribution in [3.8, 4) is 5.75 Å². The standard InChI is InChI=1S/C25H32IN7O3S/c1-5-36-22-14-17(33-13-12-18(16-33)32(3)4)10-11-20(22)30-25-28-15-19(26)24(31-25)29-21-8-6-7-9-23(21)37(34,35)27-2/h6-11,14-15,18,27H,5,12-13,16H2,1-4H3,(H2,28,29,30,31)/t18-/m0/s1. The van der Waals surface area contributed by atoms with Gasteiger partial charge < -0.3 is 25.2 Å². The Labute approximate surface area is 232 Å².